The van der Waals surface area contributed by atoms with Gasteiger partial charge in [0.05, 0.1) is 0 Å². The van der Waals surface area contributed by atoms with Gasteiger partial charge >= 0.3 is 0 Å². The van der Waals surface area contributed by atoms with Gasteiger partial charge in [-0.25, -0.2) is 0 Å². The molecule has 2 nitrogen and oxygen atoms in total. The minimum atomic E-state index is 0.218. The van der Waals surface area contributed by atoms with E-state index in [1.54, 1.807) is 11.3 Å². The Labute approximate surface area is 122 Å². The first kappa shape index (κ1) is 13.3. The van der Waals surface area contributed by atoms with Crippen LogP contribution < -0.4 is 0 Å². The van der Waals surface area contributed by atoms with Gasteiger partial charge in [0.25, 0.3) is 0 Å². The highest BCUT2D eigenvalue weighted by molar-refractivity contribution is 7.25. The monoisotopic (exact) mass is 283 g/mol. The molecule has 0 aliphatic heterocycles. The molecule has 0 N–H and O–H groups in total. The van der Waals surface area contributed by atoms with Gasteiger partial charge in [-0.1, -0.05) is 18.2 Å². The molecule has 0 aliphatic rings. The molecule has 0 amide bonds. The van der Waals surface area contributed by atoms with Crippen molar-refractivity contribution < 1.29 is 4.79 Å². The van der Waals surface area contributed by atoms with Crippen LogP contribution in [0.15, 0.2) is 42.5 Å². The van der Waals surface area contributed by atoms with Crippen LogP contribution in [-0.2, 0) is 0 Å². The summed E-state index contributed by atoms with van der Waals surface area (Å²) >= 11 is 1.78. The lowest BCUT2D eigenvalue weighted by molar-refractivity contribution is 0.0972. The second-order valence-electron chi connectivity index (χ2n) is 5.29. The number of benzene rings is 2. The zero-order valence-electron chi connectivity index (χ0n) is 11.7. The van der Waals surface area contributed by atoms with Gasteiger partial charge in [0.2, 0.25) is 0 Å². The Morgan fingerprint density at radius 3 is 2.60 bits per heavy atom. The molecule has 0 radical (unpaired) electrons. The van der Waals surface area contributed by atoms with Crippen LogP contribution >= 0.6 is 11.3 Å². The first-order chi connectivity index (χ1) is 9.65. The fraction of sp³-hybridized carbons (Fsp3) is 0.235. The van der Waals surface area contributed by atoms with Gasteiger partial charge in [0, 0.05) is 38.7 Å². The van der Waals surface area contributed by atoms with E-state index in [-0.39, 0.29) is 5.78 Å². The van der Waals surface area contributed by atoms with Crippen molar-refractivity contribution in [2.45, 2.75) is 6.42 Å². The molecule has 0 fully saturated rings. The number of thiophene rings is 1. The van der Waals surface area contributed by atoms with Crippen molar-refractivity contribution in [3.8, 4) is 0 Å². The molecule has 3 rings (SSSR count). The second kappa shape index (κ2) is 5.35. The third-order valence-corrected chi connectivity index (χ3v) is 4.64. The fourth-order valence-corrected chi connectivity index (χ4v) is 3.46. The van der Waals surface area contributed by atoms with Crippen LogP contribution in [-0.4, -0.2) is 31.3 Å². The predicted molar refractivity (Wildman–Crippen MR) is 86.8 cm³/mol. The van der Waals surface area contributed by atoms with Crippen LogP contribution in [0.25, 0.3) is 20.2 Å². The molecule has 0 saturated heterocycles. The Balaban J connectivity index is 2.01. The van der Waals surface area contributed by atoms with Gasteiger partial charge in [-0.2, -0.15) is 0 Å². The van der Waals surface area contributed by atoms with Gasteiger partial charge in [-0.15, -0.1) is 11.3 Å². The van der Waals surface area contributed by atoms with E-state index in [0.717, 1.165) is 12.1 Å². The van der Waals surface area contributed by atoms with Crippen molar-refractivity contribution in [1.29, 1.82) is 0 Å². The fourth-order valence-electron chi connectivity index (χ4n) is 2.37. The van der Waals surface area contributed by atoms with Crippen molar-refractivity contribution in [3.05, 3.63) is 48.0 Å². The maximum Gasteiger partial charge on any atom is 0.164 e. The van der Waals surface area contributed by atoms with Crippen LogP contribution in [0.2, 0.25) is 0 Å². The molecule has 1 heterocycles. The Bertz CT molecular complexity index is 773. The summed E-state index contributed by atoms with van der Waals surface area (Å²) in [7, 11) is 3.98. The molecule has 0 unspecified atom stereocenters. The van der Waals surface area contributed by atoms with Crippen LogP contribution in [0.1, 0.15) is 16.8 Å². The van der Waals surface area contributed by atoms with E-state index in [0.29, 0.717) is 6.42 Å². The quantitative estimate of drug-likeness (QED) is 0.669. The minimum Gasteiger partial charge on any atom is -0.309 e. The Hall–Kier alpha value is -1.71. The molecule has 0 spiro atoms. The number of carbonyl (C=O) groups excluding carboxylic acids is 1. The van der Waals surface area contributed by atoms with Crippen molar-refractivity contribution in [3.63, 3.8) is 0 Å². The molecule has 2 aromatic carbocycles. The molecular weight excluding hydrogens is 266 g/mol. The molecule has 0 aliphatic carbocycles. The summed E-state index contributed by atoms with van der Waals surface area (Å²) in [5.74, 6) is 0.218. The molecule has 1 aromatic heterocycles. The third kappa shape index (κ3) is 2.47. The maximum absolute atomic E-state index is 12.2. The topological polar surface area (TPSA) is 20.3 Å². The smallest absolute Gasteiger partial charge is 0.164 e. The summed E-state index contributed by atoms with van der Waals surface area (Å²) in [5, 5.41) is 2.44. The lowest BCUT2D eigenvalue weighted by atomic mass is 10.0. The predicted octanol–water partition coefficient (Wildman–Crippen LogP) is 4.19. The van der Waals surface area contributed by atoms with Crippen molar-refractivity contribution in [1.82, 2.24) is 4.90 Å². The number of hydrogen-bond donors (Lipinski definition) is 0. The summed E-state index contributed by atoms with van der Waals surface area (Å²) in [6.45, 7) is 0.793. The number of rotatable bonds is 4. The lowest BCUT2D eigenvalue weighted by Crippen LogP contribution is -2.16. The van der Waals surface area contributed by atoms with Crippen LogP contribution in [0.3, 0.4) is 0 Å². The molecule has 0 bridgehead atoms. The highest BCUT2D eigenvalue weighted by atomic mass is 32.1. The highest BCUT2D eigenvalue weighted by Gasteiger charge is 2.10. The number of fused-ring (bicyclic) bond motifs is 3. The molecule has 3 aromatic rings. The second-order valence-corrected chi connectivity index (χ2v) is 6.37. The van der Waals surface area contributed by atoms with E-state index < -0.39 is 0 Å². The summed E-state index contributed by atoms with van der Waals surface area (Å²) < 4.78 is 2.52. The lowest BCUT2D eigenvalue weighted by Gasteiger charge is -2.08. The Morgan fingerprint density at radius 1 is 1.05 bits per heavy atom. The first-order valence-electron chi connectivity index (χ1n) is 6.74. The van der Waals surface area contributed by atoms with E-state index in [2.05, 4.69) is 30.3 Å². The van der Waals surface area contributed by atoms with E-state index in [1.165, 1.54) is 20.2 Å². The largest absolute Gasteiger partial charge is 0.309 e. The van der Waals surface area contributed by atoms with Crippen LogP contribution in [0.4, 0.5) is 0 Å². The zero-order valence-corrected chi connectivity index (χ0v) is 12.5. The summed E-state index contributed by atoms with van der Waals surface area (Å²) in [4.78, 5) is 14.3. The van der Waals surface area contributed by atoms with Crippen molar-refractivity contribution >= 4 is 37.3 Å². The minimum absolute atomic E-state index is 0.218. The molecule has 20 heavy (non-hydrogen) atoms. The summed E-state index contributed by atoms with van der Waals surface area (Å²) in [5.41, 5.74) is 0.822. The maximum atomic E-state index is 12.2. The third-order valence-electron chi connectivity index (χ3n) is 3.48. The van der Waals surface area contributed by atoms with Crippen molar-refractivity contribution in [2.75, 3.05) is 20.6 Å². The highest BCUT2D eigenvalue weighted by Crippen LogP contribution is 2.34. The molecule has 102 valence electrons. The SMILES string of the molecule is CN(C)CCC(=O)c1ccc2sc3ccccc3c2c1. The Morgan fingerprint density at radius 2 is 1.80 bits per heavy atom. The first-order valence-corrected chi connectivity index (χ1v) is 7.56. The average molecular weight is 283 g/mol. The van der Waals surface area contributed by atoms with Crippen LogP contribution in [0.5, 0.6) is 0 Å². The van der Waals surface area contributed by atoms with Gasteiger partial charge in [-0.05, 0) is 38.4 Å². The summed E-state index contributed by atoms with van der Waals surface area (Å²) in [6.07, 6.45) is 0.570. The van der Waals surface area contributed by atoms with Gasteiger partial charge < -0.3 is 4.90 Å². The number of ketones is 1. The summed E-state index contributed by atoms with van der Waals surface area (Å²) in [6, 6.07) is 14.4. The number of carbonyl (C=O) groups is 1. The Kier molecular flexibility index (Phi) is 3.55. The van der Waals surface area contributed by atoms with Gasteiger partial charge in [0.1, 0.15) is 0 Å². The number of hydrogen-bond acceptors (Lipinski definition) is 3. The van der Waals surface area contributed by atoms with E-state index in [1.807, 2.05) is 31.1 Å². The van der Waals surface area contributed by atoms with Gasteiger partial charge in [-0.3, -0.25) is 4.79 Å². The molecular formula is C17H17NOS. The van der Waals surface area contributed by atoms with E-state index in [4.69, 9.17) is 0 Å². The standard InChI is InChI=1S/C17H17NOS/c1-18(2)10-9-15(19)12-7-8-17-14(11-12)13-5-3-4-6-16(13)20-17/h3-8,11H,9-10H2,1-2H3. The zero-order chi connectivity index (χ0) is 14.1. The van der Waals surface area contributed by atoms with Crippen molar-refractivity contribution in [2.24, 2.45) is 0 Å². The van der Waals surface area contributed by atoms with E-state index >= 15 is 0 Å². The van der Waals surface area contributed by atoms with Crippen LogP contribution in [0, 0.1) is 0 Å². The number of nitrogens with zero attached hydrogens (tertiary/aromatic N) is 1. The van der Waals surface area contributed by atoms with Gasteiger partial charge in [0.15, 0.2) is 5.78 Å². The molecule has 0 atom stereocenters. The average Bonchev–Trinajstić information content (AvgIpc) is 2.82. The van der Waals surface area contributed by atoms with E-state index in [9.17, 15) is 4.79 Å². The number of Topliss-reactive ketones (excluding diaryl/α,β-unsaturated/α-hetero) is 1. The normalized spacial score (nSPS) is 11.6. The molecule has 3 heteroatoms. The molecule has 0 saturated carbocycles.